The first-order valence-electron chi connectivity index (χ1n) is 7.31. The zero-order valence-electron chi connectivity index (χ0n) is 12.7. The van der Waals surface area contributed by atoms with Crippen LogP contribution in [0.2, 0.25) is 5.02 Å². The van der Waals surface area contributed by atoms with Gasteiger partial charge in [0.05, 0.1) is 6.20 Å². The van der Waals surface area contributed by atoms with Crippen LogP contribution in [0.4, 0.5) is 0 Å². The molecule has 0 radical (unpaired) electrons. The van der Waals surface area contributed by atoms with Gasteiger partial charge in [0, 0.05) is 16.7 Å². The molecule has 0 saturated carbocycles. The average Bonchev–Trinajstić information content (AvgIpc) is 3.09. The zero-order chi connectivity index (χ0) is 16.8. The number of hydrogen-bond acceptors (Lipinski definition) is 4. The first-order valence-corrected chi connectivity index (χ1v) is 7.69. The Balaban J connectivity index is 1.55. The zero-order valence-corrected chi connectivity index (χ0v) is 13.4. The number of hydrogen-bond donors (Lipinski definition) is 0. The molecular formula is C19H14ClNO3. The molecular weight excluding hydrogens is 326 g/mol. The second-order valence-corrected chi connectivity index (χ2v) is 5.41. The molecule has 0 atom stereocenters. The number of nitrogens with zero attached hydrogens (tertiary/aromatic N) is 1. The van der Waals surface area contributed by atoms with E-state index in [9.17, 15) is 4.79 Å². The van der Waals surface area contributed by atoms with Crippen molar-refractivity contribution < 1.29 is 13.9 Å². The van der Waals surface area contributed by atoms with Crippen LogP contribution < -0.4 is 0 Å². The number of halogens is 1. The van der Waals surface area contributed by atoms with Gasteiger partial charge in [-0.25, -0.2) is 9.78 Å². The minimum absolute atomic E-state index is 0.0172. The molecule has 0 unspecified atom stereocenters. The van der Waals surface area contributed by atoms with Crippen molar-refractivity contribution in [1.82, 2.24) is 4.98 Å². The molecule has 0 fully saturated rings. The van der Waals surface area contributed by atoms with Gasteiger partial charge in [0.25, 0.3) is 0 Å². The van der Waals surface area contributed by atoms with E-state index in [2.05, 4.69) is 4.98 Å². The van der Waals surface area contributed by atoms with Gasteiger partial charge in [-0.1, -0.05) is 54.1 Å². The lowest BCUT2D eigenvalue weighted by molar-refractivity contribution is -0.139. The standard InChI is InChI=1S/C19H14ClNO3/c20-16-9-6-14(7-10-16)8-11-19(22)23-13-18-21-12-17(24-18)15-4-2-1-3-5-15/h1-12H,13H2/b11-8+. The van der Waals surface area contributed by atoms with Gasteiger partial charge in [-0.05, 0) is 23.8 Å². The van der Waals surface area contributed by atoms with Crippen LogP contribution in [-0.2, 0) is 16.1 Å². The van der Waals surface area contributed by atoms with Crippen LogP contribution in [0.3, 0.4) is 0 Å². The van der Waals surface area contributed by atoms with Crippen LogP contribution >= 0.6 is 11.6 Å². The summed E-state index contributed by atoms with van der Waals surface area (Å²) in [5.41, 5.74) is 1.78. The van der Waals surface area contributed by atoms with E-state index in [4.69, 9.17) is 20.8 Å². The maximum atomic E-state index is 11.7. The molecule has 4 nitrogen and oxygen atoms in total. The smallest absolute Gasteiger partial charge is 0.331 e. The summed E-state index contributed by atoms with van der Waals surface area (Å²) in [6, 6.07) is 16.7. The lowest BCUT2D eigenvalue weighted by atomic mass is 10.2. The first kappa shape index (κ1) is 16.0. The molecule has 0 N–H and O–H groups in total. The van der Waals surface area contributed by atoms with Gasteiger partial charge in [0.1, 0.15) is 0 Å². The molecule has 5 heteroatoms. The van der Waals surface area contributed by atoms with Gasteiger partial charge in [-0.15, -0.1) is 0 Å². The van der Waals surface area contributed by atoms with Crippen LogP contribution in [0.25, 0.3) is 17.4 Å². The molecule has 0 saturated heterocycles. The van der Waals surface area contributed by atoms with Crippen LogP contribution in [0, 0.1) is 0 Å². The second-order valence-electron chi connectivity index (χ2n) is 4.98. The van der Waals surface area contributed by atoms with Crippen LogP contribution in [-0.4, -0.2) is 11.0 Å². The minimum Gasteiger partial charge on any atom is -0.453 e. The van der Waals surface area contributed by atoms with Crippen LogP contribution in [0.5, 0.6) is 0 Å². The number of ether oxygens (including phenoxy) is 1. The highest BCUT2D eigenvalue weighted by Crippen LogP contribution is 2.20. The first-order chi connectivity index (χ1) is 11.7. The SMILES string of the molecule is O=C(/C=C/c1ccc(Cl)cc1)OCc1ncc(-c2ccccc2)o1. The summed E-state index contributed by atoms with van der Waals surface area (Å²) in [7, 11) is 0. The molecule has 3 rings (SSSR count). The lowest BCUT2D eigenvalue weighted by Gasteiger charge is -1.98. The van der Waals surface area contributed by atoms with E-state index in [0.717, 1.165) is 11.1 Å². The van der Waals surface area contributed by atoms with Crippen molar-refractivity contribution in [1.29, 1.82) is 0 Å². The number of aromatic nitrogens is 1. The fourth-order valence-corrected chi connectivity index (χ4v) is 2.16. The quantitative estimate of drug-likeness (QED) is 0.497. The number of oxazole rings is 1. The van der Waals surface area contributed by atoms with Crippen molar-refractivity contribution >= 4 is 23.6 Å². The monoisotopic (exact) mass is 339 g/mol. The summed E-state index contributed by atoms with van der Waals surface area (Å²) < 4.78 is 10.7. The highest BCUT2D eigenvalue weighted by atomic mass is 35.5. The summed E-state index contributed by atoms with van der Waals surface area (Å²) in [6.45, 7) is -0.0172. The normalized spacial score (nSPS) is 10.9. The Kier molecular flexibility index (Phi) is 5.08. The predicted molar refractivity (Wildman–Crippen MR) is 92.2 cm³/mol. The Labute approximate surface area is 144 Å². The van der Waals surface area contributed by atoms with E-state index in [1.165, 1.54) is 6.08 Å². The number of rotatable bonds is 5. The molecule has 0 aliphatic rings. The van der Waals surface area contributed by atoms with E-state index in [1.54, 1.807) is 24.4 Å². The van der Waals surface area contributed by atoms with E-state index in [-0.39, 0.29) is 6.61 Å². The van der Waals surface area contributed by atoms with Gasteiger partial charge in [-0.2, -0.15) is 0 Å². The number of esters is 1. The Morgan fingerprint density at radius 1 is 1.12 bits per heavy atom. The topological polar surface area (TPSA) is 52.3 Å². The number of benzene rings is 2. The summed E-state index contributed by atoms with van der Waals surface area (Å²) in [4.78, 5) is 15.8. The van der Waals surface area contributed by atoms with E-state index >= 15 is 0 Å². The van der Waals surface area contributed by atoms with Crippen LogP contribution in [0.15, 0.2) is 71.3 Å². The third-order valence-electron chi connectivity index (χ3n) is 3.23. The van der Waals surface area contributed by atoms with Gasteiger partial charge in [0.2, 0.25) is 5.89 Å². The third kappa shape index (κ3) is 4.33. The molecule has 2 aromatic carbocycles. The summed E-state index contributed by atoms with van der Waals surface area (Å²) in [6.07, 6.45) is 4.62. The number of carbonyl (C=O) groups excluding carboxylic acids is 1. The Morgan fingerprint density at radius 3 is 2.62 bits per heavy atom. The largest absolute Gasteiger partial charge is 0.453 e. The maximum absolute atomic E-state index is 11.7. The maximum Gasteiger partial charge on any atom is 0.331 e. The van der Waals surface area contributed by atoms with Crippen molar-refractivity contribution in [2.45, 2.75) is 6.61 Å². The fraction of sp³-hybridized carbons (Fsp3) is 0.0526. The second kappa shape index (κ2) is 7.62. The Morgan fingerprint density at radius 2 is 1.88 bits per heavy atom. The molecule has 0 spiro atoms. The van der Waals surface area contributed by atoms with Crippen molar-refractivity contribution in [3.63, 3.8) is 0 Å². The Hall–Kier alpha value is -2.85. The summed E-state index contributed by atoms with van der Waals surface area (Å²) in [5, 5.41) is 0.646. The van der Waals surface area contributed by atoms with Crippen molar-refractivity contribution in [2.24, 2.45) is 0 Å². The molecule has 120 valence electrons. The third-order valence-corrected chi connectivity index (χ3v) is 3.48. The van der Waals surface area contributed by atoms with Crippen molar-refractivity contribution in [3.8, 4) is 11.3 Å². The van der Waals surface area contributed by atoms with Gasteiger partial charge < -0.3 is 9.15 Å². The summed E-state index contributed by atoms with van der Waals surface area (Å²) >= 11 is 5.81. The molecule has 1 heterocycles. The van der Waals surface area contributed by atoms with Gasteiger partial charge >= 0.3 is 5.97 Å². The average molecular weight is 340 g/mol. The van der Waals surface area contributed by atoms with E-state index < -0.39 is 5.97 Å². The summed E-state index contributed by atoms with van der Waals surface area (Å²) in [5.74, 6) is 0.518. The van der Waals surface area contributed by atoms with Gasteiger partial charge in [-0.3, -0.25) is 0 Å². The van der Waals surface area contributed by atoms with Gasteiger partial charge in [0.15, 0.2) is 12.4 Å². The molecule has 0 aliphatic heterocycles. The Bertz CT molecular complexity index is 839. The highest BCUT2D eigenvalue weighted by Gasteiger charge is 2.07. The number of carbonyl (C=O) groups is 1. The molecule has 0 amide bonds. The molecule has 0 aliphatic carbocycles. The molecule has 3 aromatic rings. The molecule has 24 heavy (non-hydrogen) atoms. The van der Waals surface area contributed by atoms with Crippen LogP contribution in [0.1, 0.15) is 11.5 Å². The minimum atomic E-state index is -0.468. The van der Waals surface area contributed by atoms with E-state index in [1.807, 2.05) is 42.5 Å². The predicted octanol–water partition coefficient (Wildman–Crippen LogP) is 4.75. The fourth-order valence-electron chi connectivity index (χ4n) is 2.03. The molecule has 1 aromatic heterocycles. The van der Waals surface area contributed by atoms with Crippen molar-refractivity contribution in [2.75, 3.05) is 0 Å². The van der Waals surface area contributed by atoms with E-state index in [0.29, 0.717) is 16.7 Å². The van der Waals surface area contributed by atoms with Crippen molar-refractivity contribution in [3.05, 3.63) is 83.3 Å². The highest BCUT2D eigenvalue weighted by molar-refractivity contribution is 6.30. The molecule has 0 bridgehead atoms. The lowest BCUT2D eigenvalue weighted by Crippen LogP contribution is -2.00.